The molecule has 0 unspecified atom stereocenters. The van der Waals surface area contributed by atoms with Crippen LogP contribution in [-0.2, 0) is 20.7 Å². The molecular formula is C19H20N2O4S. The third-order valence-electron chi connectivity index (χ3n) is 4.41. The minimum absolute atomic E-state index is 0.00297. The second-order valence-electron chi connectivity index (χ2n) is 6.09. The zero-order chi connectivity index (χ0) is 18.7. The molecule has 2 amide bonds. The number of anilines is 1. The van der Waals surface area contributed by atoms with Crippen molar-refractivity contribution in [3.8, 4) is 0 Å². The zero-order valence-corrected chi connectivity index (χ0v) is 15.5. The lowest BCUT2D eigenvalue weighted by Gasteiger charge is -2.17. The number of rotatable bonds is 5. The van der Waals surface area contributed by atoms with Crippen LogP contribution in [0.15, 0.2) is 35.7 Å². The highest BCUT2D eigenvalue weighted by atomic mass is 32.1. The van der Waals surface area contributed by atoms with E-state index in [0.717, 1.165) is 22.5 Å². The molecule has 0 spiro atoms. The van der Waals surface area contributed by atoms with Crippen molar-refractivity contribution >= 4 is 34.8 Å². The number of methoxy groups -OCH3 is 1. The van der Waals surface area contributed by atoms with Crippen molar-refractivity contribution in [2.75, 3.05) is 18.6 Å². The molecule has 0 bridgehead atoms. The van der Waals surface area contributed by atoms with Crippen molar-refractivity contribution in [1.82, 2.24) is 5.32 Å². The summed E-state index contributed by atoms with van der Waals surface area (Å²) in [6.07, 6.45) is 0.804. The van der Waals surface area contributed by atoms with Gasteiger partial charge in [-0.15, -0.1) is 11.3 Å². The van der Waals surface area contributed by atoms with Crippen LogP contribution >= 0.6 is 11.3 Å². The first-order valence-corrected chi connectivity index (χ1v) is 9.19. The monoisotopic (exact) mass is 372 g/mol. The molecule has 136 valence electrons. The molecule has 0 fully saturated rings. The third kappa shape index (κ3) is 3.77. The Labute approximate surface area is 155 Å². The van der Waals surface area contributed by atoms with Crippen LogP contribution < -0.4 is 10.2 Å². The average Bonchev–Trinajstić information content (AvgIpc) is 3.29. The smallest absolute Gasteiger partial charge is 0.307 e. The van der Waals surface area contributed by atoms with Gasteiger partial charge in [-0.1, -0.05) is 6.07 Å². The van der Waals surface area contributed by atoms with Crippen LogP contribution in [0.1, 0.15) is 40.2 Å². The number of fused-ring (bicyclic) bond motifs is 1. The maximum absolute atomic E-state index is 12.7. The van der Waals surface area contributed by atoms with Crippen molar-refractivity contribution < 1.29 is 19.1 Å². The normalized spacial score (nSPS) is 13.8. The van der Waals surface area contributed by atoms with Gasteiger partial charge in [0.2, 0.25) is 5.91 Å². The fourth-order valence-electron chi connectivity index (χ4n) is 3.07. The van der Waals surface area contributed by atoms with E-state index in [1.165, 1.54) is 25.4 Å². The van der Waals surface area contributed by atoms with Gasteiger partial charge in [0.25, 0.3) is 5.91 Å². The average molecular weight is 372 g/mol. The van der Waals surface area contributed by atoms with E-state index >= 15 is 0 Å². The molecule has 1 aromatic heterocycles. The first-order chi connectivity index (χ1) is 12.5. The Morgan fingerprint density at radius 1 is 1.31 bits per heavy atom. The molecule has 3 rings (SSSR count). The Morgan fingerprint density at radius 2 is 2.12 bits per heavy atom. The predicted octanol–water partition coefficient (Wildman–Crippen LogP) is 2.69. The topological polar surface area (TPSA) is 75.7 Å². The van der Waals surface area contributed by atoms with Gasteiger partial charge in [0, 0.05) is 29.6 Å². The van der Waals surface area contributed by atoms with Crippen LogP contribution in [0.25, 0.3) is 0 Å². The van der Waals surface area contributed by atoms with E-state index < -0.39 is 6.04 Å². The van der Waals surface area contributed by atoms with E-state index in [4.69, 9.17) is 4.74 Å². The van der Waals surface area contributed by atoms with E-state index in [1.807, 2.05) is 23.6 Å². The van der Waals surface area contributed by atoms with E-state index in [-0.39, 0.29) is 24.2 Å². The summed E-state index contributed by atoms with van der Waals surface area (Å²) in [5, 5.41) is 4.82. The van der Waals surface area contributed by atoms with Gasteiger partial charge in [-0.05, 0) is 41.6 Å². The van der Waals surface area contributed by atoms with Gasteiger partial charge < -0.3 is 15.0 Å². The number of nitrogens with one attached hydrogen (secondary N) is 1. The fourth-order valence-corrected chi connectivity index (χ4v) is 3.85. The summed E-state index contributed by atoms with van der Waals surface area (Å²) in [6, 6.07) is 8.65. The van der Waals surface area contributed by atoms with E-state index in [0.29, 0.717) is 12.1 Å². The first kappa shape index (κ1) is 18.1. The van der Waals surface area contributed by atoms with Gasteiger partial charge in [-0.25, -0.2) is 0 Å². The van der Waals surface area contributed by atoms with Crippen LogP contribution in [0.2, 0.25) is 0 Å². The Kier molecular flexibility index (Phi) is 5.37. The van der Waals surface area contributed by atoms with Gasteiger partial charge in [0.1, 0.15) is 0 Å². The Morgan fingerprint density at radius 3 is 2.77 bits per heavy atom. The van der Waals surface area contributed by atoms with Gasteiger partial charge in [-0.2, -0.15) is 0 Å². The van der Waals surface area contributed by atoms with Crippen molar-refractivity contribution in [2.24, 2.45) is 0 Å². The minimum Gasteiger partial charge on any atom is -0.469 e. The van der Waals surface area contributed by atoms with E-state index in [9.17, 15) is 14.4 Å². The molecule has 1 aromatic carbocycles. The maximum atomic E-state index is 12.7. The van der Waals surface area contributed by atoms with E-state index in [2.05, 4.69) is 5.32 Å². The molecule has 2 aromatic rings. The molecular weight excluding hydrogens is 352 g/mol. The highest BCUT2D eigenvalue weighted by molar-refractivity contribution is 7.10. The van der Waals surface area contributed by atoms with Crippen molar-refractivity contribution in [2.45, 2.75) is 25.8 Å². The molecule has 1 aliphatic heterocycles. The summed E-state index contributed by atoms with van der Waals surface area (Å²) < 4.78 is 4.74. The number of nitrogens with zero attached hydrogens (tertiary/aromatic N) is 1. The predicted molar refractivity (Wildman–Crippen MR) is 99.3 cm³/mol. The first-order valence-electron chi connectivity index (χ1n) is 8.31. The van der Waals surface area contributed by atoms with Crippen molar-refractivity contribution in [3.05, 3.63) is 51.7 Å². The maximum Gasteiger partial charge on any atom is 0.307 e. The number of carbonyl (C=O) groups is 3. The summed E-state index contributed by atoms with van der Waals surface area (Å²) in [7, 11) is 1.33. The number of carbonyl (C=O) groups excluding carboxylic acids is 3. The Hall–Kier alpha value is -2.67. The third-order valence-corrected chi connectivity index (χ3v) is 5.39. The van der Waals surface area contributed by atoms with Crippen molar-refractivity contribution in [1.29, 1.82) is 0 Å². The molecule has 0 saturated heterocycles. The molecule has 1 aliphatic rings. The summed E-state index contributed by atoms with van der Waals surface area (Å²) in [5.41, 5.74) is 2.35. The second-order valence-corrected chi connectivity index (χ2v) is 7.07. The molecule has 7 heteroatoms. The number of esters is 1. The minimum atomic E-state index is -0.433. The molecule has 1 atom stereocenters. The summed E-state index contributed by atoms with van der Waals surface area (Å²) >= 11 is 1.48. The quantitative estimate of drug-likeness (QED) is 0.819. The zero-order valence-electron chi connectivity index (χ0n) is 14.7. The largest absolute Gasteiger partial charge is 0.469 e. The lowest BCUT2D eigenvalue weighted by Crippen LogP contribution is -2.30. The number of amides is 2. The van der Waals surface area contributed by atoms with Crippen LogP contribution in [0.3, 0.4) is 0 Å². The van der Waals surface area contributed by atoms with Crippen LogP contribution in [0.4, 0.5) is 5.69 Å². The molecule has 1 N–H and O–H groups in total. The standard InChI is InChI=1S/C19H20N2O4S/c1-12(22)21-8-7-13-10-14(5-6-16(13)21)19(24)20-15(11-18(23)25-2)17-4-3-9-26-17/h3-6,9-10,15H,7-8,11H2,1-2H3,(H,20,24)/t15-/m1/s1. The van der Waals surface area contributed by atoms with E-state index in [1.54, 1.807) is 17.0 Å². The summed E-state index contributed by atoms with van der Waals surface area (Å²) in [5.74, 6) is -0.636. The lowest BCUT2D eigenvalue weighted by molar-refractivity contribution is -0.141. The van der Waals surface area contributed by atoms with Gasteiger partial charge in [0.15, 0.2) is 0 Å². The highest BCUT2D eigenvalue weighted by Gasteiger charge is 2.25. The van der Waals surface area contributed by atoms with Crippen LogP contribution in [-0.4, -0.2) is 31.4 Å². The lowest BCUT2D eigenvalue weighted by atomic mass is 10.1. The SMILES string of the molecule is COC(=O)C[C@@H](NC(=O)c1ccc2c(c1)CCN2C(C)=O)c1cccs1. The Balaban J connectivity index is 1.78. The number of benzene rings is 1. The second kappa shape index (κ2) is 7.70. The summed E-state index contributed by atoms with van der Waals surface area (Å²) in [4.78, 5) is 38.6. The van der Waals surface area contributed by atoms with Gasteiger partial charge >= 0.3 is 5.97 Å². The van der Waals surface area contributed by atoms with Gasteiger partial charge in [-0.3, -0.25) is 14.4 Å². The molecule has 0 saturated carbocycles. The molecule has 0 aliphatic carbocycles. The van der Waals surface area contributed by atoms with Crippen molar-refractivity contribution in [3.63, 3.8) is 0 Å². The molecule has 6 nitrogen and oxygen atoms in total. The number of thiophene rings is 1. The molecule has 0 radical (unpaired) electrons. The highest BCUT2D eigenvalue weighted by Crippen LogP contribution is 2.29. The molecule has 2 heterocycles. The van der Waals surface area contributed by atoms with Crippen LogP contribution in [0.5, 0.6) is 0 Å². The fraction of sp³-hybridized carbons (Fsp3) is 0.316. The Bertz CT molecular complexity index is 832. The molecule has 26 heavy (non-hydrogen) atoms. The summed E-state index contributed by atoms with van der Waals surface area (Å²) in [6.45, 7) is 2.17. The number of ether oxygens (including phenoxy) is 1. The van der Waals surface area contributed by atoms with Gasteiger partial charge in [0.05, 0.1) is 19.6 Å². The number of hydrogen-bond acceptors (Lipinski definition) is 5. The number of hydrogen-bond donors (Lipinski definition) is 1. The van der Waals surface area contributed by atoms with Crippen LogP contribution in [0, 0.1) is 0 Å².